The van der Waals surface area contributed by atoms with Gasteiger partial charge in [0.25, 0.3) is 5.91 Å². The van der Waals surface area contributed by atoms with Crippen LogP contribution in [-0.2, 0) is 4.79 Å². The summed E-state index contributed by atoms with van der Waals surface area (Å²) < 4.78 is 11.4. The quantitative estimate of drug-likeness (QED) is 0.546. The molecule has 0 N–H and O–H groups in total. The lowest BCUT2D eigenvalue weighted by Gasteiger charge is -2.16. The second kappa shape index (κ2) is 9.37. The van der Waals surface area contributed by atoms with Crippen LogP contribution in [0.4, 0.5) is 5.69 Å². The van der Waals surface area contributed by atoms with Gasteiger partial charge in [-0.05, 0) is 68.9 Å². The van der Waals surface area contributed by atoms with Crippen molar-refractivity contribution in [3.63, 3.8) is 0 Å². The van der Waals surface area contributed by atoms with Gasteiger partial charge >= 0.3 is 0 Å². The number of para-hydroxylation sites is 1. The van der Waals surface area contributed by atoms with Crippen molar-refractivity contribution in [2.75, 3.05) is 13.7 Å². The zero-order valence-corrected chi connectivity index (χ0v) is 18.4. The standard InChI is InChI=1S/C22H23ClN2O3S/c1-5-25-21(26)19(29-22(25)24-17-11-9-16(23)10-12-17)13-15-7-6-8-18(27-4)20(15)28-14(2)3/h6-14H,5H2,1-4H3/b19-13-,24-22?. The van der Waals surface area contributed by atoms with E-state index in [1.165, 1.54) is 11.8 Å². The van der Waals surface area contributed by atoms with Crippen LogP contribution in [0.2, 0.25) is 5.02 Å². The Kier molecular flexibility index (Phi) is 6.87. The molecule has 1 fully saturated rings. The number of likely N-dealkylation sites (N-methyl/N-ethyl adjacent to an activating group) is 1. The first-order chi connectivity index (χ1) is 13.9. The SMILES string of the molecule is CCN1C(=O)/C(=C/c2cccc(OC)c2OC(C)C)SC1=Nc1ccc(Cl)cc1. The lowest BCUT2D eigenvalue weighted by molar-refractivity contribution is -0.122. The third kappa shape index (κ3) is 4.95. The first-order valence-electron chi connectivity index (χ1n) is 9.32. The zero-order valence-electron chi connectivity index (χ0n) is 16.8. The van der Waals surface area contributed by atoms with Crippen LogP contribution in [0.25, 0.3) is 6.08 Å². The molecule has 0 bridgehead atoms. The second-order valence-electron chi connectivity index (χ2n) is 6.58. The fourth-order valence-electron chi connectivity index (χ4n) is 2.81. The van der Waals surface area contributed by atoms with E-state index in [9.17, 15) is 4.79 Å². The fourth-order valence-corrected chi connectivity index (χ4v) is 3.99. The van der Waals surface area contributed by atoms with E-state index in [1.807, 2.05) is 57.2 Å². The molecule has 0 atom stereocenters. The summed E-state index contributed by atoms with van der Waals surface area (Å²) in [5.41, 5.74) is 1.53. The Morgan fingerprint density at radius 2 is 1.93 bits per heavy atom. The third-order valence-corrected chi connectivity index (χ3v) is 5.38. The van der Waals surface area contributed by atoms with Gasteiger partial charge in [0, 0.05) is 17.1 Å². The average Bonchev–Trinajstić information content (AvgIpc) is 2.98. The number of carbonyl (C=O) groups is 1. The molecule has 0 unspecified atom stereocenters. The molecule has 5 nitrogen and oxygen atoms in total. The van der Waals surface area contributed by atoms with Gasteiger partial charge in [0.2, 0.25) is 0 Å². The van der Waals surface area contributed by atoms with E-state index in [0.29, 0.717) is 33.1 Å². The number of benzene rings is 2. The minimum absolute atomic E-state index is 0.0236. The van der Waals surface area contributed by atoms with Crippen molar-refractivity contribution in [3.8, 4) is 11.5 Å². The molecule has 2 aromatic rings. The average molecular weight is 431 g/mol. The number of nitrogens with zero attached hydrogens (tertiary/aromatic N) is 2. The molecule has 3 rings (SSSR count). The van der Waals surface area contributed by atoms with Gasteiger partial charge in [-0.25, -0.2) is 4.99 Å². The van der Waals surface area contributed by atoms with Gasteiger partial charge in [-0.3, -0.25) is 9.69 Å². The van der Waals surface area contributed by atoms with Crippen molar-refractivity contribution in [3.05, 3.63) is 58.0 Å². The maximum atomic E-state index is 12.9. The molecular weight excluding hydrogens is 408 g/mol. The van der Waals surface area contributed by atoms with E-state index in [-0.39, 0.29) is 12.0 Å². The Balaban J connectivity index is 1.98. The third-order valence-electron chi connectivity index (χ3n) is 4.13. The van der Waals surface area contributed by atoms with E-state index < -0.39 is 0 Å². The molecule has 0 aliphatic carbocycles. The molecule has 152 valence electrons. The van der Waals surface area contributed by atoms with Crippen molar-refractivity contribution < 1.29 is 14.3 Å². The van der Waals surface area contributed by atoms with Crippen molar-refractivity contribution in [2.45, 2.75) is 26.9 Å². The molecule has 0 saturated carbocycles. The first kappa shape index (κ1) is 21.3. The predicted octanol–water partition coefficient (Wildman–Crippen LogP) is 5.76. The van der Waals surface area contributed by atoms with Gasteiger partial charge in [-0.15, -0.1) is 0 Å². The van der Waals surface area contributed by atoms with Gasteiger partial charge in [0.15, 0.2) is 16.7 Å². The molecule has 7 heteroatoms. The number of ether oxygens (including phenoxy) is 2. The molecule has 1 saturated heterocycles. The van der Waals surface area contributed by atoms with Crippen LogP contribution < -0.4 is 9.47 Å². The molecular formula is C22H23ClN2O3S. The number of rotatable bonds is 6. The highest BCUT2D eigenvalue weighted by Crippen LogP contribution is 2.38. The van der Waals surface area contributed by atoms with Gasteiger partial charge in [0.1, 0.15) is 0 Å². The Hall–Kier alpha value is -2.44. The molecule has 0 spiro atoms. The van der Waals surface area contributed by atoms with Gasteiger partial charge in [0.05, 0.1) is 23.8 Å². The van der Waals surface area contributed by atoms with Crippen LogP contribution >= 0.6 is 23.4 Å². The van der Waals surface area contributed by atoms with E-state index in [1.54, 1.807) is 24.1 Å². The van der Waals surface area contributed by atoms with E-state index in [0.717, 1.165) is 11.3 Å². The van der Waals surface area contributed by atoms with Crippen molar-refractivity contribution in [1.82, 2.24) is 4.90 Å². The van der Waals surface area contributed by atoms with Crippen LogP contribution in [0.3, 0.4) is 0 Å². The van der Waals surface area contributed by atoms with Crippen molar-refractivity contribution in [2.24, 2.45) is 4.99 Å². The molecule has 1 aliphatic heterocycles. The lowest BCUT2D eigenvalue weighted by Crippen LogP contribution is -2.28. The minimum atomic E-state index is -0.0801. The largest absolute Gasteiger partial charge is 0.493 e. The van der Waals surface area contributed by atoms with Crippen LogP contribution in [-0.4, -0.2) is 35.7 Å². The summed E-state index contributed by atoms with van der Waals surface area (Å²) in [6, 6.07) is 12.8. The molecule has 29 heavy (non-hydrogen) atoms. The normalized spacial score (nSPS) is 16.9. The van der Waals surface area contributed by atoms with E-state index in [2.05, 4.69) is 4.99 Å². The predicted molar refractivity (Wildman–Crippen MR) is 120 cm³/mol. The summed E-state index contributed by atoms with van der Waals surface area (Å²) in [6.07, 6.45) is 1.81. The topological polar surface area (TPSA) is 51.1 Å². The minimum Gasteiger partial charge on any atom is -0.493 e. The van der Waals surface area contributed by atoms with Crippen LogP contribution in [0.1, 0.15) is 26.3 Å². The number of hydrogen-bond donors (Lipinski definition) is 0. The maximum Gasteiger partial charge on any atom is 0.266 e. The van der Waals surface area contributed by atoms with Crippen LogP contribution in [0.15, 0.2) is 52.4 Å². The van der Waals surface area contributed by atoms with Crippen molar-refractivity contribution in [1.29, 1.82) is 0 Å². The number of carbonyl (C=O) groups excluding carboxylic acids is 1. The Morgan fingerprint density at radius 1 is 1.21 bits per heavy atom. The molecule has 2 aromatic carbocycles. The summed E-state index contributed by atoms with van der Waals surface area (Å²) in [4.78, 5) is 19.8. The molecule has 1 amide bonds. The maximum absolute atomic E-state index is 12.9. The highest BCUT2D eigenvalue weighted by Gasteiger charge is 2.32. The smallest absolute Gasteiger partial charge is 0.266 e. The number of thioether (sulfide) groups is 1. The number of halogens is 1. The van der Waals surface area contributed by atoms with Gasteiger partial charge in [-0.2, -0.15) is 0 Å². The van der Waals surface area contributed by atoms with E-state index >= 15 is 0 Å². The number of aliphatic imine (C=N–C) groups is 1. The highest BCUT2D eigenvalue weighted by atomic mass is 35.5. The van der Waals surface area contributed by atoms with Gasteiger partial charge < -0.3 is 9.47 Å². The molecule has 0 radical (unpaired) electrons. The summed E-state index contributed by atoms with van der Waals surface area (Å²) in [5, 5.41) is 1.29. The fraction of sp³-hybridized carbons (Fsp3) is 0.273. The molecule has 1 aliphatic rings. The summed E-state index contributed by atoms with van der Waals surface area (Å²) in [6.45, 7) is 6.36. The Labute approximate surface area is 180 Å². The lowest BCUT2D eigenvalue weighted by atomic mass is 10.1. The number of methoxy groups -OCH3 is 1. The Morgan fingerprint density at radius 3 is 2.55 bits per heavy atom. The Bertz CT molecular complexity index is 955. The van der Waals surface area contributed by atoms with Crippen molar-refractivity contribution >= 4 is 46.2 Å². The summed E-state index contributed by atoms with van der Waals surface area (Å²) >= 11 is 7.29. The number of amides is 1. The monoisotopic (exact) mass is 430 g/mol. The summed E-state index contributed by atoms with van der Waals surface area (Å²) in [7, 11) is 1.60. The van der Waals surface area contributed by atoms with Gasteiger partial charge in [-0.1, -0.05) is 23.7 Å². The van der Waals surface area contributed by atoms with Crippen LogP contribution in [0, 0.1) is 0 Å². The van der Waals surface area contributed by atoms with Crippen LogP contribution in [0.5, 0.6) is 11.5 Å². The second-order valence-corrected chi connectivity index (χ2v) is 8.02. The highest BCUT2D eigenvalue weighted by molar-refractivity contribution is 8.18. The van der Waals surface area contributed by atoms with E-state index in [4.69, 9.17) is 21.1 Å². The summed E-state index contributed by atoms with van der Waals surface area (Å²) in [5.74, 6) is 1.17. The number of amidine groups is 1. The number of hydrogen-bond acceptors (Lipinski definition) is 5. The zero-order chi connectivity index (χ0) is 21.0. The molecule has 1 heterocycles. The molecule has 0 aromatic heterocycles. The first-order valence-corrected chi connectivity index (χ1v) is 10.5.